The molecule has 0 aromatic carbocycles. The summed E-state index contributed by atoms with van der Waals surface area (Å²) in [6.07, 6.45) is 4.01. The van der Waals surface area contributed by atoms with E-state index in [-0.39, 0.29) is 5.69 Å². The number of hydrogen-bond acceptors (Lipinski definition) is 3. The molecule has 0 aliphatic carbocycles. The van der Waals surface area contributed by atoms with Crippen LogP contribution in [0.5, 0.6) is 0 Å². The summed E-state index contributed by atoms with van der Waals surface area (Å²) in [5.41, 5.74) is 0.444. The summed E-state index contributed by atoms with van der Waals surface area (Å²) in [7, 11) is 0. The number of carboxylic acids is 1. The van der Waals surface area contributed by atoms with Crippen LogP contribution in [0.2, 0.25) is 5.02 Å². The molecule has 13 heavy (non-hydrogen) atoms. The normalized spacial score (nSPS) is 10.5. The van der Waals surface area contributed by atoms with E-state index in [1.165, 1.54) is 23.1 Å². The number of halogens is 1. The molecule has 5 nitrogen and oxygen atoms in total. The summed E-state index contributed by atoms with van der Waals surface area (Å²) < 4.78 is 1.32. The topological polar surface area (TPSA) is 67.5 Å². The minimum atomic E-state index is -1.06. The minimum Gasteiger partial charge on any atom is -0.477 e. The fourth-order valence-corrected chi connectivity index (χ4v) is 1.23. The molecule has 2 aromatic rings. The monoisotopic (exact) mass is 197 g/mol. The van der Waals surface area contributed by atoms with Crippen molar-refractivity contribution in [2.45, 2.75) is 0 Å². The molecule has 0 atom stereocenters. The number of aromatic carboxylic acids is 1. The molecule has 0 saturated heterocycles. The SMILES string of the molecule is O=C(O)c1cnc2c(Cl)cncn12. The van der Waals surface area contributed by atoms with Crippen LogP contribution in [0.25, 0.3) is 5.65 Å². The highest BCUT2D eigenvalue weighted by Gasteiger charge is 2.11. The summed E-state index contributed by atoms with van der Waals surface area (Å²) >= 11 is 5.74. The van der Waals surface area contributed by atoms with Crippen molar-refractivity contribution in [3.8, 4) is 0 Å². The summed E-state index contributed by atoms with van der Waals surface area (Å²) in [6.45, 7) is 0. The van der Waals surface area contributed by atoms with Gasteiger partial charge in [0.2, 0.25) is 0 Å². The van der Waals surface area contributed by atoms with Gasteiger partial charge in [-0.15, -0.1) is 0 Å². The van der Waals surface area contributed by atoms with Gasteiger partial charge < -0.3 is 5.11 Å². The average Bonchev–Trinajstić information content (AvgIpc) is 2.48. The van der Waals surface area contributed by atoms with Gasteiger partial charge in [0.15, 0.2) is 11.3 Å². The molecule has 0 spiro atoms. The lowest BCUT2D eigenvalue weighted by atomic mass is 10.5. The van der Waals surface area contributed by atoms with Crippen LogP contribution in [0.3, 0.4) is 0 Å². The van der Waals surface area contributed by atoms with Crippen LogP contribution < -0.4 is 0 Å². The number of carboxylic acid groups (broad SMARTS) is 1. The molecule has 0 fully saturated rings. The van der Waals surface area contributed by atoms with E-state index in [2.05, 4.69) is 9.97 Å². The number of rotatable bonds is 1. The van der Waals surface area contributed by atoms with Crippen molar-refractivity contribution in [1.29, 1.82) is 0 Å². The predicted molar refractivity (Wildman–Crippen MR) is 45.0 cm³/mol. The van der Waals surface area contributed by atoms with Crippen molar-refractivity contribution in [3.05, 3.63) is 29.4 Å². The van der Waals surface area contributed by atoms with Gasteiger partial charge in [-0.2, -0.15) is 0 Å². The highest BCUT2D eigenvalue weighted by atomic mass is 35.5. The van der Waals surface area contributed by atoms with E-state index in [4.69, 9.17) is 16.7 Å². The van der Waals surface area contributed by atoms with Gasteiger partial charge in [-0.05, 0) is 0 Å². The number of aromatic nitrogens is 3. The number of hydrogen-bond donors (Lipinski definition) is 1. The summed E-state index contributed by atoms with van der Waals surface area (Å²) in [4.78, 5) is 18.3. The van der Waals surface area contributed by atoms with Gasteiger partial charge in [0.05, 0.1) is 12.4 Å². The van der Waals surface area contributed by atoms with Crippen LogP contribution in [-0.2, 0) is 0 Å². The second-order valence-electron chi connectivity index (χ2n) is 2.38. The molecule has 2 rings (SSSR count). The highest BCUT2D eigenvalue weighted by molar-refractivity contribution is 6.33. The fraction of sp³-hybridized carbons (Fsp3) is 0. The molecule has 2 heterocycles. The fourth-order valence-electron chi connectivity index (χ4n) is 1.04. The second-order valence-corrected chi connectivity index (χ2v) is 2.79. The van der Waals surface area contributed by atoms with Gasteiger partial charge in [-0.25, -0.2) is 14.8 Å². The van der Waals surface area contributed by atoms with E-state index in [1.807, 2.05) is 0 Å². The molecule has 0 saturated carbocycles. The van der Waals surface area contributed by atoms with Crippen molar-refractivity contribution in [2.75, 3.05) is 0 Å². The van der Waals surface area contributed by atoms with Gasteiger partial charge in [0.25, 0.3) is 0 Å². The number of imidazole rings is 1. The van der Waals surface area contributed by atoms with E-state index >= 15 is 0 Å². The zero-order chi connectivity index (χ0) is 9.42. The smallest absolute Gasteiger partial charge is 0.354 e. The molecule has 0 unspecified atom stereocenters. The summed E-state index contributed by atoms with van der Waals surface area (Å²) in [5, 5.41) is 9.06. The van der Waals surface area contributed by atoms with E-state index in [0.29, 0.717) is 10.7 Å². The third-order valence-electron chi connectivity index (χ3n) is 1.60. The van der Waals surface area contributed by atoms with Crippen LogP contribution in [0.1, 0.15) is 10.5 Å². The second kappa shape index (κ2) is 2.70. The van der Waals surface area contributed by atoms with Gasteiger partial charge in [-0.3, -0.25) is 4.40 Å². The highest BCUT2D eigenvalue weighted by Crippen LogP contribution is 2.14. The average molecular weight is 198 g/mol. The molecular weight excluding hydrogens is 194 g/mol. The standard InChI is InChI=1S/C7H4ClN3O2/c8-4-1-9-3-11-5(7(12)13)2-10-6(4)11/h1-3H,(H,12,13). The Morgan fingerprint density at radius 1 is 1.54 bits per heavy atom. The Bertz CT molecular complexity index is 480. The first-order valence-corrected chi connectivity index (χ1v) is 3.78. The third-order valence-corrected chi connectivity index (χ3v) is 1.87. The minimum absolute atomic E-state index is 0.0463. The Kier molecular flexibility index (Phi) is 1.66. The predicted octanol–water partition coefficient (Wildman–Crippen LogP) is 1.08. The Balaban J connectivity index is 2.83. The first-order valence-electron chi connectivity index (χ1n) is 3.40. The molecule has 0 radical (unpaired) electrons. The van der Waals surface area contributed by atoms with Crippen LogP contribution in [0.15, 0.2) is 18.7 Å². The molecule has 0 aliphatic rings. The van der Waals surface area contributed by atoms with Gasteiger partial charge in [0, 0.05) is 0 Å². The number of carbonyl (C=O) groups is 1. The Labute approximate surface area is 77.6 Å². The lowest BCUT2D eigenvalue weighted by Gasteiger charge is -1.95. The molecule has 66 valence electrons. The zero-order valence-corrected chi connectivity index (χ0v) is 7.06. The largest absolute Gasteiger partial charge is 0.477 e. The molecule has 0 bridgehead atoms. The van der Waals surface area contributed by atoms with Crippen molar-refractivity contribution in [1.82, 2.24) is 14.4 Å². The number of fused-ring (bicyclic) bond motifs is 1. The lowest BCUT2D eigenvalue weighted by molar-refractivity contribution is 0.0689. The summed E-state index contributed by atoms with van der Waals surface area (Å²) in [5.74, 6) is -1.06. The quantitative estimate of drug-likeness (QED) is 0.743. The van der Waals surface area contributed by atoms with Crippen LogP contribution in [0.4, 0.5) is 0 Å². The number of nitrogens with zero attached hydrogens (tertiary/aromatic N) is 3. The van der Waals surface area contributed by atoms with E-state index in [0.717, 1.165) is 0 Å². The van der Waals surface area contributed by atoms with Gasteiger partial charge in [-0.1, -0.05) is 11.6 Å². The molecule has 2 aromatic heterocycles. The Morgan fingerprint density at radius 2 is 2.31 bits per heavy atom. The maximum absolute atomic E-state index is 10.7. The Morgan fingerprint density at radius 3 is 3.00 bits per heavy atom. The Hall–Kier alpha value is -1.62. The zero-order valence-electron chi connectivity index (χ0n) is 6.31. The van der Waals surface area contributed by atoms with E-state index in [9.17, 15) is 4.79 Å². The van der Waals surface area contributed by atoms with Crippen LogP contribution in [-0.4, -0.2) is 25.4 Å². The molecule has 0 amide bonds. The van der Waals surface area contributed by atoms with E-state index in [1.54, 1.807) is 0 Å². The maximum atomic E-state index is 10.7. The molecule has 6 heteroatoms. The summed E-state index contributed by atoms with van der Waals surface area (Å²) in [6, 6.07) is 0. The van der Waals surface area contributed by atoms with Crippen molar-refractivity contribution in [3.63, 3.8) is 0 Å². The van der Waals surface area contributed by atoms with E-state index < -0.39 is 5.97 Å². The lowest BCUT2D eigenvalue weighted by Crippen LogP contribution is -2.01. The van der Waals surface area contributed by atoms with Crippen molar-refractivity contribution < 1.29 is 9.90 Å². The molecular formula is C7H4ClN3O2. The van der Waals surface area contributed by atoms with Crippen molar-refractivity contribution >= 4 is 23.2 Å². The molecule has 1 N–H and O–H groups in total. The maximum Gasteiger partial charge on any atom is 0.354 e. The van der Waals surface area contributed by atoms with Crippen molar-refractivity contribution in [2.24, 2.45) is 0 Å². The van der Waals surface area contributed by atoms with Gasteiger partial charge >= 0.3 is 5.97 Å². The first kappa shape index (κ1) is 8.00. The third kappa shape index (κ3) is 1.13. The van der Waals surface area contributed by atoms with Crippen LogP contribution >= 0.6 is 11.6 Å². The van der Waals surface area contributed by atoms with Gasteiger partial charge in [0.1, 0.15) is 11.3 Å². The molecule has 0 aliphatic heterocycles. The van der Waals surface area contributed by atoms with Crippen LogP contribution in [0, 0.1) is 0 Å². The first-order chi connectivity index (χ1) is 6.20.